The molecular formula is C9H8ClF4NO3S2. The first-order valence-corrected chi connectivity index (χ1v) is 8.12. The number of hydrogen-bond donors (Lipinski definition) is 1. The van der Waals surface area contributed by atoms with E-state index in [2.05, 4.69) is 0 Å². The van der Waals surface area contributed by atoms with E-state index >= 15 is 0 Å². The highest BCUT2D eigenvalue weighted by molar-refractivity contribution is 8.15. The van der Waals surface area contributed by atoms with Crippen LogP contribution in [0.3, 0.4) is 0 Å². The predicted molar refractivity (Wildman–Crippen MR) is 65.4 cm³/mol. The highest BCUT2D eigenvalue weighted by atomic mass is 35.7. The molecule has 0 saturated carbocycles. The predicted octanol–water partition coefficient (Wildman–Crippen LogP) is 2.61. The van der Waals surface area contributed by atoms with Gasteiger partial charge in [-0.15, -0.1) is 11.3 Å². The third kappa shape index (κ3) is 3.83. The molecule has 0 aliphatic heterocycles. The average Bonchev–Trinajstić information content (AvgIpc) is 2.67. The second kappa shape index (κ2) is 5.86. The lowest BCUT2D eigenvalue weighted by atomic mass is 10.2. The number of thiophene rings is 1. The Kier molecular flexibility index (Phi) is 5.03. The second-order valence-corrected chi connectivity index (χ2v) is 7.38. The Morgan fingerprint density at radius 2 is 2.05 bits per heavy atom. The van der Waals surface area contributed by atoms with Crippen LogP contribution in [-0.2, 0) is 9.05 Å². The number of halogens is 5. The van der Waals surface area contributed by atoms with Crippen molar-refractivity contribution < 1.29 is 30.8 Å². The van der Waals surface area contributed by atoms with E-state index in [1.165, 1.54) is 6.92 Å². The maximum Gasteiger partial charge on any atom is 0.324 e. The molecule has 20 heavy (non-hydrogen) atoms. The standard InChI is InChI=1S/C9H8ClF4NO3S2/c1-4-5(2-19-7(4)20(10,17)18)6(16)15-3-9(13,14)8(11)12/h2,8H,3H2,1H3,(H,15,16). The van der Waals surface area contributed by atoms with Gasteiger partial charge in [0.2, 0.25) is 0 Å². The van der Waals surface area contributed by atoms with Gasteiger partial charge in [0.25, 0.3) is 15.0 Å². The highest BCUT2D eigenvalue weighted by Crippen LogP contribution is 2.29. The number of rotatable bonds is 5. The maximum absolute atomic E-state index is 12.6. The number of nitrogens with one attached hydrogen (secondary N) is 1. The number of alkyl halides is 4. The summed E-state index contributed by atoms with van der Waals surface area (Å²) >= 11 is 0.635. The lowest BCUT2D eigenvalue weighted by Gasteiger charge is -2.15. The molecule has 0 saturated heterocycles. The molecule has 0 radical (unpaired) electrons. The zero-order valence-electron chi connectivity index (χ0n) is 9.79. The minimum atomic E-state index is -4.36. The molecule has 0 fully saturated rings. The summed E-state index contributed by atoms with van der Waals surface area (Å²) in [5.74, 6) is -5.44. The first-order valence-electron chi connectivity index (χ1n) is 4.93. The SMILES string of the molecule is Cc1c(C(=O)NCC(F)(F)C(F)F)csc1S(=O)(=O)Cl. The van der Waals surface area contributed by atoms with Gasteiger partial charge in [-0.1, -0.05) is 0 Å². The molecular weight excluding hydrogens is 346 g/mol. The molecule has 0 unspecified atom stereocenters. The van der Waals surface area contributed by atoms with Gasteiger partial charge in [-0.3, -0.25) is 4.79 Å². The third-order valence-electron chi connectivity index (χ3n) is 2.26. The Morgan fingerprint density at radius 3 is 2.45 bits per heavy atom. The van der Waals surface area contributed by atoms with E-state index in [1.807, 2.05) is 0 Å². The van der Waals surface area contributed by atoms with Crippen molar-refractivity contribution in [3.8, 4) is 0 Å². The van der Waals surface area contributed by atoms with Crippen molar-refractivity contribution in [2.24, 2.45) is 0 Å². The fraction of sp³-hybridized carbons (Fsp3) is 0.444. The van der Waals surface area contributed by atoms with Gasteiger partial charge >= 0.3 is 12.3 Å². The summed E-state index contributed by atoms with van der Waals surface area (Å²) in [6.07, 6.45) is -3.91. The summed E-state index contributed by atoms with van der Waals surface area (Å²) in [6.45, 7) is -0.298. The molecule has 1 aromatic rings. The quantitative estimate of drug-likeness (QED) is 0.654. The molecule has 0 aliphatic rings. The summed E-state index contributed by atoms with van der Waals surface area (Å²) in [7, 11) is 1.04. The minimum Gasteiger partial charge on any atom is -0.346 e. The van der Waals surface area contributed by atoms with Crippen LogP contribution in [0, 0.1) is 6.92 Å². The van der Waals surface area contributed by atoms with Crippen molar-refractivity contribution in [2.45, 2.75) is 23.5 Å². The average molecular weight is 354 g/mol. The van der Waals surface area contributed by atoms with Crippen molar-refractivity contribution in [1.82, 2.24) is 5.32 Å². The van der Waals surface area contributed by atoms with E-state index < -0.39 is 33.9 Å². The van der Waals surface area contributed by atoms with Crippen LogP contribution in [0.15, 0.2) is 9.59 Å². The summed E-state index contributed by atoms with van der Waals surface area (Å²) in [6, 6.07) is 0. The van der Waals surface area contributed by atoms with Gasteiger partial charge < -0.3 is 5.32 Å². The van der Waals surface area contributed by atoms with Crippen molar-refractivity contribution >= 4 is 37.0 Å². The molecule has 0 atom stereocenters. The maximum atomic E-state index is 12.6. The van der Waals surface area contributed by atoms with E-state index in [1.54, 1.807) is 5.32 Å². The van der Waals surface area contributed by atoms with E-state index in [0.717, 1.165) is 5.38 Å². The van der Waals surface area contributed by atoms with E-state index in [9.17, 15) is 30.8 Å². The van der Waals surface area contributed by atoms with Gasteiger partial charge in [0.1, 0.15) is 4.21 Å². The Hall–Kier alpha value is -0.870. The Labute approximate surface area is 120 Å². The van der Waals surface area contributed by atoms with Crippen LogP contribution in [0.5, 0.6) is 0 Å². The van der Waals surface area contributed by atoms with Gasteiger partial charge in [-0.05, 0) is 12.5 Å². The Bertz CT molecular complexity index is 615. The molecule has 0 aliphatic carbocycles. The van der Waals surface area contributed by atoms with Crippen molar-refractivity contribution in [3.05, 3.63) is 16.5 Å². The van der Waals surface area contributed by atoms with Gasteiger partial charge in [0, 0.05) is 16.1 Å². The fourth-order valence-electron chi connectivity index (χ4n) is 1.23. The first kappa shape index (κ1) is 17.2. The number of carbonyl (C=O) groups excluding carboxylic acids is 1. The molecule has 1 rings (SSSR count). The molecule has 4 nitrogen and oxygen atoms in total. The summed E-state index contributed by atoms with van der Waals surface area (Å²) < 4.78 is 71.0. The number of amides is 1. The Morgan fingerprint density at radius 1 is 1.50 bits per heavy atom. The lowest BCUT2D eigenvalue weighted by molar-refractivity contribution is -0.123. The molecule has 1 heterocycles. The van der Waals surface area contributed by atoms with Crippen LogP contribution in [-0.4, -0.2) is 33.2 Å². The van der Waals surface area contributed by atoms with E-state index in [0.29, 0.717) is 11.3 Å². The van der Waals surface area contributed by atoms with E-state index in [4.69, 9.17) is 10.7 Å². The summed E-state index contributed by atoms with van der Waals surface area (Å²) in [5, 5.41) is 2.72. The summed E-state index contributed by atoms with van der Waals surface area (Å²) in [4.78, 5) is 11.6. The van der Waals surface area contributed by atoms with Crippen LogP contribution in [0.1, 0.15) is 15.9 Å². The number of hydrogen-bond acceptors (Lipinski definition) is 4. The smallest absolute Gasteiger partial charge is 0.324 e. The molecule has 114 valence electrons. The van der Waals surface area contributed by atoms with Crippen LogP contribution in [0.25, 0.3) is 0 Å². The van der Waals surface area contributed by atoms with Crippen LogP contribution >= 0.6 is 22.0 Å². The van der Waals surface area contributed by atoms with Gasteiger partial charge in [0.15, 0.2) is 0 Å². The van der Waals surface area contributed by atoms with Gasteiger partial charge in [-0.2, -0.15) is 8.78 Å². The Balaban J connectivity index is 2.88. The van der Waals surface area contributed by atoms with Crippen molar-refractivity contribution in [1.29, 1.82) is 0 Å². The normalized spacial score (nSPS) is 12.8. The van der Waals surface area contributed by atoms with E-state index in [-0.39, 0.29) is 15.3 Å². The zero-order valence-corrected chi connectivity index (χ0v) is 12.2. The van der Waals surface area contributed by atoms with Gasteiger partial charge in [0.05, 0.1) is 12.1 Å². The molecule has 11 heteroatoms. The van der Waals surface area contributed by atoms with Crippen molar-refractivity contribution in [3.63, 3.8) is 0 Å². The second-order valence-electron chi connectivity index (χ2n) is 3.74. The van der Waals surface area contributed by atoms with Crippen LogP contribution in [0.2, 0.25) is 0 Å². The fourth-order valence-corrected chi connectivity index (χ4v) is 3.78. The van der Waals surface area contributed by atoms with Crippen LogP contribution < -0.4 is 5.32 Å². The molecule has 0 aromatic carbocycles. The van der Waals surface area contributed by atoms with Crippen LogP contribution in [0.4, 0.5) is 17.6 Å². The molecule has 1 aromatic heterocycles. The molecule has 0 spiro atoms. The number of carbonyl (C=O) groups is 1. The molecule has 1 amide bonds. The topological polar surface area (TPSA) is 63.2 Å². The zero-order chi connectivity index (χ0) is 15.7. The lowest BCUT2D eigenvalue weighted by Crippen LogP contribution is -2.41. The molecule has 1 N–H and O–H groups in total. The minimum absolute atomic E-state index is 0.0251. The summed E-state index contributed by atoms with van der Waals surface area (Å²) in [5.41, 5.74) is -0.234. The van der Waals surface area contributed by atoms with Crippen molar-refractivity contribution in [2.75, 3.05) is 6.54 Å². The largest absolute Gasteiger partial charge is 0.346 e. The molecule has 0 bridgehead atoms. The monoisotopic (exact) mass is 353 g/mol. The first-order chi connectivity index (χ1) is 8.97. The van der Waals surface area contributed by atoms with Gasteiger partial charge in [-0.25, -0.2) is 17.2 Å². The highest BCUT2D eigenvalue weighted by Gasteiger charge is 2.41. The third-order valence-corrected chi connectivity index (χ3v) is 5.57.